The van der Waals surface area contributed by atoms with Crippen molar-refractivity contribution in [1.82, 2.24) is 9.38 Å². The maximum Gasteiger partial charge on any atom is 0.193 e. The van der Waals surface area contributed by atoms with E-state index in [9.17, 15) is 4.79 Å². The van der Waals surface area contributed by atoms with Gasteiger partial charge in [0.15, 0.2) is 4.96 Å². The molecule has 0 radical (unpaired) electrons. The van der Waals surface area contributed by atoms with Crippen LogP contribution >= 0.6 is 11.3 Å². The van der Waals surface area contributed by atoms with E-state index in [1.165, 1.54) is 25.7 Å². The number of hydrogen-bond donors (Lipinski definition) is 0. The quantitative estimate of drug-likeness (QED) is 0.857. The molecule has 0 spiro atoms. The number of carbonyl (C=O) groups is 1. The van der Waals surface area contributed by atoms with E-state index in [4.69, 9.17) is 0 Å². The van der Waals surface area contributed by atoms with E-state index in [-0.39, 0.29) is 0 Å². The van der Waals surface area contributed by atoms with Crippen molar-refractivity contribution in [1.29, 1.82) is 0 Å². The van der Waals surface area contributed by atoms with E-state index in [0.29, 0.717) is 18.1 Å². The zero-order chi connectivity index (χ0) is 12.8. The molecular weight excluding hydrogens is 256 g/mol. The van der Waals surface area contributed by atoms with E-state index >= 15 is 0 Å². The second-order valence-electron chi connectivity index (χ2n) is 6.18. The number of fused-ring (bicyclic) bond motifs is 3. The number of hydrogen-bond acceptors (Lipinski definition) is 3. The largest absolute Gasteiger partial charge is 0.299 e. The fraction of sp³-hybridized carbons (Fsp3) is 0.600. The number of carbonyl (C=O) groups excluding carboxylic acids is 1. The zero-order valence-electron chi connectivity index (χ0n) is 10.9. The minimum atomic E-state index is 0.378. The van der Waals surface area contributed by atoms with Crippen LogP contribution in [-0.2, 0) is 11.2 Å². The van der Waals surface area contributed by atoms with Crippen LogP contribution in [0.4, 0.5) is 0 Å². The Bertz CT molecular complexity index is 586. The lowest BCUT2D eigenvalue weighted by molar-refractivity contribution is -0.119. The average Bonchev–Trinajstić information content (AvgIpc) is 3.06. The van der Waals surface area contributed by atoms with E-state index in [1.54, 1.807) is 11.3 Å². The molecule has 3 unspecified atom stereocenters. The molecule has 2 heterocycles. The van der Waals surface area contributed by atoms with Gasteiger partial charge in [0.2, 0.25) is 0 Å². The molecule has 100 valence electrons. The lowest BCUT2D eigenvalue weighted by Gasteiger charge is -2.20. The lowest BCUT2D eigenvalue weighted by Crippen LogP contribution is -2.16. The maximum absolute atomic E-state index is 12.2. The number of nitrogens with zero attached hydrogens (tertiary/aromatic N) is 2. The first-order valence-electron chi connectivity index (χ1n) is 7.20. The number of imidazole rings is 1. The van der Waals surface area contributed by atoms with Crippen LogP contribution in [0.15, 0.2) is 17.8 Å². The van der Waals surface area contributed by atoms with Gasteiger partial charge in [0.1, 0.15) is 5.78 Å². The highest BCUT2D eigenvalue weighted by Gasteiger charge is 2.39. The van der Waals surface area contributed by atoms with Crippen molar-refractivity contribution in [2.45, 2.75) is 38.5 Å². The third-order valence-electron chi connectivity index (χ3n) is 4.90. The summed E-state index contributed by atoms with van der Waals surface area (Å²) in [4.78, 5) is 17.7. The van der Waals surface area contributed by atoms with Crippen LogP contribution in [-0.4, -0.2) is 15.2 Å². The highest BCUT2D eigenvalue weighted by Crippen LogP contribution is 2.49. The SMILES string of the molecule is O=C(Cc1cn2ccsc2n1)CC1CC2CCC1C2. The van der Waals surface area contributed by atoms with Crippen LogP contribution in [0.3, 0.4) is 0 Å². The predicted octanol–water partition coefficient (Wildman–Crippen LogP) is 3.33. The lowest BCUT2D eigenvalue weighted by atomic mass is 9.85. The molecule has 2 aromatic rings. The summed E-state index contributed by atoms with van der Waals surface area (Å²) in [6.07, 6.45) is 10.7. The van der Waals surface area contributed by atoms with Gasteiger partial charge in [-0.2, -0.15) is 0 Å². The van der Waals surface area contributed by atoms with Crippen molar-refractivity contribution in [3.63, 3.8) is 0 Å². The van der Waals surface area contributed by atoms with Crippen LogP contribution < -0.4 is 0 Å². The highest BCUT2D eigenvalue weighted by atomic mass is 32.1. The Hall–Kier alpha value is -1.16. The normalized spacial score (nSPS) is 29.4. The molecule has 2 fully saturated rings. The van der Waals surface area contributed by atoms with Gasteiger partial charge in [-0.1, -0.05) is 6.42 Å². The topological polar surface area (TPSA) is 34.4 Å². The minimum absolute atomic E-state index is 0.378. The molecule has 4 rings (SSSR count). The van der Waals surface area contributed by atoms with Crippen molar-refractivity contribution < 1.29 is 4.79 Å². The number of rotatable bonds is 4. The van der Waals surface area contributed by atoms with Crippen LogP contribution in [0.1, 0.15) is 37.8 Å². The summed E-state index contributed by atoms with van der Waals surface area (Å²) < 4.78 is 2.00. The van der Waals surface area contributed by atoms with E-state index in [2.05, 4.69) is 4.98 Å². The van der Waals surface area contributed by atoms with Gasteiger partial charge in [0.25, 0.3) is 0 Å². The number of thiazole rings is 1. The Kier molecular flexibility index (Phi) is 2.72. The highest BCUT2D eigenvalue weighted by molar-refractivity contribution is 7.15. The van der Waals surface area contributed by atoms with Crippen molar-refractivity contribution in [3.8, 4) is 0 Å². The van der Waals surface area contributed by atoms with Crippen LogP contribution in [0.5, 0.6) is 0 Å². The number of aromatic nitrogens is 2. The average molecular weight is 274 g/mol. The second kappa shape index (κ2) is 4.44. The van der Waals surface area contributed by atoms with Crippen LogP contribution in [0.2, 0.25) is 0 Å². The molecular formula is C15H18N2OS. The molecule has 4 heteroatoms. The fourth-order valence-corrected chi connectivity index (χ4v) is 4.77. The summed E-state index contributed by atoms with van der Waals surface area (Å²) in [5.74, 6) is 2.83. The molecule has 2 aliphatic carbocycles. The van der Waals surface area contributed by atoms with Gasteiger partial charge >= 0.3 is 0 Å². The van der Waals surface area contributed by atoms with Gasteiger partial charge in [0.05, 0.1) is 12.1 Å². The minimum Gasteiger partial charge on any atom is -0.299 e. The van der Waals surface area contributed by atoms with Crippen LogP contribution in [0, 0.1) is 17.8 Å². The predicted molar refractivity (Wildman–Crippen MR) is 75.3 cm³/mol. The third-order valence-corrected chi connectivity index (χ3v) is 5.67. The summed E-state index contributed by atoms with van der Waals surface area (Å²) in [6.45, 7) is 0. The van der Waals surface area contributed by atoms with Crippen molar-refractivity contribution in [3.05, 3.63) is 23.5 Å². The van der Waals surface area contributed by atoms with Crippen molar-refractivity contribution >= 4 is 22.1 Å². The molecule has 0 saturated heterocycles. The molecule has 19 heavy (non-hydrogen) atoms. The Morgan fingerprint density at radius 2 is 2.37 bits per heavy atom. The molecule has 0 N–H and O–H groups in total. The molecule has 0 aromatic carbocycles. The molecule has 2 saturated carbocycles. The molecule has 2 aliphatic rings. The maximum atomic E-state index is 12.2. The number of ketones is 1. The van der Waals surface area contributed by atoms with E-state index < -0.39 is 0 Å². The Morgan fingerprint density at radius 3 is 3.11 bits per heavy atom. The van der Waals surface area contributed by atoms with Crippen molar-refractivity contribution in [2.75, 3.05) is 0 Å². The zero-order valence-corrected chi connectivity index (χ0v) is 11.7. The molecule has 0 amide bonds. The first-order chi connectivity index (χ1) is 9.28. The van der Waals surface area contributed by atoms with E-state index in [1.807, 2.05) is 22.2 Å². The fourth-order valence-electron chi connectivity index (χ4n) is 4.05. The molecule has 2 bridgehead atoms. The second-order valence-corrected chi connectivity index (χ2v) is 7.05. The first kappa shape index (κ1) is 11.6. The van der Waals surface area contributed by atoms with E-state index in [0.717, 1.165) is 28.9 Å². The Morgan fingerprint density at radius 1 is 1.42 bits per heavy atom. The summed E-state index contributed by atoms with van der Waals surface area (Å²) in [5.41, 5.74) is 0.931. The Labute approximate surface area is 116 Å². The monoisotopic (exact) mass is 274 g/mol. The molecule has 0 aliphatic heterocycles. The summed E-state index contributed by atoms with van der Waals surface area (Å²) in [6, 6.07) is 0. The smallest absolute Gasteiger partial charge is 0.193 e. The van der Waals surface area contributed by atoms with Crippen LogP contribution in [0.25, 0.3) is 4.96 Å². The van der Waals surface area contributed by atoms with Gasteiger partial charge in [-0.15, -0.1) is 11.3 Å². The molecule has 2 aromatic heterocycles. The summed E-state index contributed by atoms with van der Waals surface area (Å²) in [5, 5.41) is 2.02. The summed E-state index contributed by atoms with van der Waals surface area (Å²) >= 11 is 1.62. The summed E-state index contributed by atoms with van der Waals surface area (Å²) in [7, 11) is 0. The van der Waals surface area contributed by atoms with Gasteiger partial charge in [0, 0.05) is 24.2 Å². The molecule has 3 nitrogen and oxygen atoms in total. The standard InChI is InChI=1S/C15H18N2OS/c18-14(7-12-6-10-1-2-11(12)5-10)8-13-9-17-3-4-19-15(17)16-13/h3-4,9-12H,1-2,5-8H2. The Balaban J connectivity index is 1.40. The van der Waals surface area contributed by atoms with Gasteiger partial charge in [-0.25, -0.2) is 4.98 Å². The third kappa shape index (κ3) is 2.12. The van der Waals surface area contributed by atoms with Gasteiger partial charge in [-0.05, 0) is 37.0 Å². The van der Waals surface area contributed by atoms with Gasteiger partial charge in [-0.3, -0.25) is 9.20 Å². The number of Topliss-reactive ketones (excluding diaryl/α,β-unsaturated/α-hetero) is 1. The molecule has 3 atom stereocenters. The first-order valence-corrected chi connectivity index (χ1v) is 8.08. The van der Waals surface area contributed by atoms with Gasteiger partial charge < -0.3 is 0 Å². The van der Waals surface area contributed by atoms with Crippen molar-refractivity contribution in [2.24, 2.45) is 17.8 Å².